The largest absolute Gasteiger partial charge is 0.336 e. The fraction of sp³-hybridized carbons (Fsp3) is 0.353. The number of nitrogens with zero attached hydrogens (tertiary/aromatic N) is 4. The van der Waals surface area contributed by atoms with Crippen molar-refractivity contribution >= 4 is 11.9 Å². The van der Waals surface area contributed by atoms with E-state index in [4.69, 9.17) is 0 Å². The van der Waals surface area contributed by atoms with E-state index in [1.165, 1.54) is 10.5 Å². The van der Waals surface area contributed by atoms with Crippen LogP contribution in [-0.4, -0.2) is 58.0 Å². The van der Waals surface area contributed by atoms with E-state index in [2.05, 4.69) is 27.0 Å². The van der Waals surface area contributed by atoms with E-state index in [1.54, 1.807) is 6.20 Å². The second-order valence-electron chi connectivity index (χ2n) is 5.91. The van der Waals surface area contributed by atoms with Crippen LogP contribution in [0.25, 0.3) is 0 Å². The van der Waals surface area contributed by atoms with Gasteiger partial charge in [0.15, 0.2) is 0 Å². The highest BCUT2D eigenvalue weighted by Crippen LogP contribution is 2.08. The number of carbonyl (C=O) groups is 2. The Morgan fingerprint density at radius 3 is 2.83 bits per heavy atom. The number of imide groups is 1. The maximum atomic E-state index is 12.2. The maximum Gasteiger partial charge on any atom is 0.324 e. The van der Waals surface area contributed by atoms with Crippen molar-refractivity contribution in [2.24, 2.45) is 0 Å². The number of benzene rings is 1. The third-order valence-corrected chi connectivity index (χ3v) is 3.97. The molecule has 0 unspecified atom stereocenters. The molecule has 24 heavy (non-hydrogen) atoms. The van der Waals surface area contributed by atoms with Gasteiger partial charge < -0.3 is 9.88 Å². The van der Waals surface area contributed by atoms with Crippen LogP contribution in [0.15, 0.2) is 42.7 Å². The summed E-state index contributed by atoms with van der Waals surface area (Å²) in [5.74, 6) is 0.702. The summed E-state index contributed by atoms with van der Waals surface area (Å²) >= 11 is 0. The van der Waals surface area contributed by atoms with Gasteiger partial charge in [0, 0.05) is 32.0 Å². The molecule has 1 aliphatic rings. The average molecular weight is 327 g/mol. The van der Waals surface area contributed by atoms with E-state index in [-0.39, 0.29) is 18.5 Å². The fourth-order valence-electron chi connectivity index (χ4n) is 2.74. The van der Waals surface area contributed by atoms with Gasteiger partial charge in [-0.2, -0.15) is 0 Å². The minimum Gasteiger partial charge on any atom is -0.336 e. The maximum absolute atomic E-state index is 12.2. The Morgan fingerprint density at radius 2 is 2.12 bits per heavy atom. The quantitative estimate of drug-likeness (QED) is 0.856. The highest BCUT2D eigenvalue weighted by Gasteiger charge is 2.26. The Balaban J connectivity index is 1.59. The van der Waals surface area contributed by atoms with Crippen molar-refractivity contribution in [3.8, 4) is 0 Å². The van der Waals surface area contributed by atoms with Crippen molar-refractivity contribution in [2.75, 3.05) is 26.7 Å². The molecule has 1 N–H and O–H groups in total. The number of hydrogen-bond donors (Lipinski definition) is 1. The molecular weight excluding hydrogens is 306 g/mol. The standard InChI is InChI=1S/C17H21N5O2/c1-20(13-16(23)22-10-8-19-17(22)24)12-15-18-7-9-21(15)11-14-5-3-2-4-6-14/h2-7,9H,8,10-13H2,1H3,(H,19,24). The molecule has 7 nitrogen and oxygen atoms in total. The van der Waals surface area contributed by atoms with E-state index in [0.717, 1.165) is 12.4 Å². The molecule has 0 aliphatic carbocycles. The van der Waals surface area contributed by atoms with Gasteiger partial charge in [-0.3, -0.25) is 14.6 Å². The molecule has 0 atom stereocenters. The second-order valence-corrected chi connectivity index (χ2v) is 5.91. The number of urea groups is 1. The first-order valence-electron chi connectivity index (χ1n) is 7.94. The number of amides is 3. The fourth-order valence-corrected chi connectivity index (χ4v) is 2.74. The Morgan fingerprint density at radius 1 is 1.33 bits per heavy atom. The minimum atomic E-state index is -0.307. The van der Waals surface area contributed by atoms with Crippen LogP contribution in [0.5, 0.6) is 0 Å². The van der Waals surface area contributed by atoms with Crippen LogP contribution in [0, 0.1) is 0 Å². The van der Waals surface area contributed by atoms with Crippen LogP contribution in [0.4, 0.5) is 4.79 Å². The molecule has 2 aromatic rings. The summed E-state index contributed by atoms with van der Waals surface area (Å²) in [5, 5.41) is 2.64. The smallest absolute Gasteiger partial charge is 0.324 e. The molecule has 1 aromatic heterocycles. The number of imidazole rings is 1. The molecule has 1 fully saturated rings. The highest BCUT2D eigenvalue weighted by atomic mass is 16.2. The van der Waals surface area contributed by atoms with Crippen LogP contribution < -0.4 is 5.32 Å². The van der Waals surface area contributed by atoms with E-state index in [9.17, 15) is 9.59 Å². The summed E-state index contributed by atoms with van der Waals surface area (Å²) in [4.78, 5) is 31.2. The predicted molar refractivity (Wildman–Crippen MR) is 89.2 cm³/mol. The lowest BCUT2D eigenvalue weighted by atomic mass is 10.2. The van der Waals surface area contributed by atoms with E-state index in [1.807, 2.05) is 36.3 Å². The first kappa shape index (κ1) is 16.2. The summed E-state index contributed by atoms with van der Waals surface area (Å²) in [6, 6.07) is 9.85. The predicted octanol–water partition coefficient (Wildman–Crippen LogP) is 0.915. The lowest BCUT2D eigenvalue weighted by molar-refractivity contribution is -0.128. The minimum absolute atomic E-state index is 0.186. The summed E-state index contributed by atoms with van der Waals surface area (Å²) in [6.07, 6.45) is 3.70. The normalized spacial score (nSPS) is 14.2. The molecular formula is C17H21N5O2. The summed E-state index contributed by atoms with van der Waals surface area (Å²) < 4.78 is 2.07. The number of likely N-dealkylation sites (N-methyl/N-ethyl adjacent to an activating group) is 1. The molecule has 0 radical (unpaired) electrons. The number of carbonyl (C=O) groups excluding carboxylic acids is 2. The van der Waals surface area contributed by atoms with Crippen molar-refractivity contribution in [3.05, 3.63) is 54.1 Å². The van der Waals surface area contributed by atoms with Crippen LogP contribution in [-0.2, 0) is 17.9 Å². The van der Waals surface area contributed by atoms with E-state index < -0.39 is 0 Å². The zero-order valence-electron chi connectivity index (χ0n) is 13.7. The van der Waals surface area contributed by atoms with Gasteiger partial charge in [-0.1, -0.05) is 30.3 Å². The third-order valence-electron chi connectivity index (χ3n) is 3.97. The van der Waals surface area contributed by atoms with Gasteiger partial charge in [-0.15, -0.1) is 0 Å². The molecule has 3 rings (SSSR count). The molecule has 0 bridgehead atoms. The van der Waals surface area contributed by atoms with Gasteiger partial charge in [0.25, 0.3) is 0 Å². The number of hydrogen-bond acceptors (Lipinski definition) is 4. The van der Waals surface area contributed by atoms with Crippen molar-refractivity contribution < 1.29 is 9.59 Å². The number of aromatic nitrogens is 2. The van der Waals surface area contributed by atoms with Crippen LogP contribution in [0.3, 0.4) is 0 Å². The Labute approximate surface area is 140 Å². The first-order valence-corrected chi connectivity index (χ1v) is 7.94. The van der Waals surface area contributed by atoms with Crippen molar-refractivity contribution in [1.29, 1.82) is 0 Å². The molecule has 126 valence electrons. The summed E-state index contributed by atoms with van der Waals surface area (Å²) in [7, 11) is 1.85. The molecule has 1 aliphatic heterocycles. The Kier molecular flexibility index (Phi) is 4.90. The van der Waals surface area contributed by atoms with Gasteiger partial charge in [-0.05, 0) is 12.6 Å². The van der Waals surface area contributed by atoms with Gasteiger partial charge in [0.2, 0.25) is 5.91 Å². The van der Waals surface area contributed by atoms with Gasteiger partial charge in [-0.25, -0.2) is 9.78 Å². The molecule has 1 saturated heterocycles. The van der Waals surface area contributed by atoms with Gasteiger partial charge in [0.1, 0.15) is 5.82 Å². The molecule has 7 heteroatoms. The molecule has 0 spiro atoms. The van der Waals surface area contributed by atoms with Crippen molar-refractivity contribution in [1.82, 2.24) is 24.7 Å². The third kappa shape index (κ3) is 3.80. The van der Waals surface area contributed by atoms with E-state index >= 15 is 0 Å². The Bertz CT molecular complexity index is 713. The lowest BCUT2D eigenvalue weighted by Crippen LogP contribution is -2.40. The average Bonchev–Trinajstić information content (AvgIpc) is 3.17. The molecule has 3 amide bonds. The zero-order valence-corrected chi connectivity index (χ0v) is 13.7. The topological polar surface area (TPSA) is 70.5 Å². The van der Waals surface area contributed by atoms with Gasteiger partial charge in [0.05, 0.1) is 13.1 Å². The van der Waals surface area contributed by atoms with Crippen molar-refractivity contribution in [3.63, 3.8) is 0 Å². The first-order chi connectivity index (χ1) is 11.6. The van der Waals surface area contributed by atoms with Crippen LogP contribution in [0.1, 0.15) is 11.4 Å². The van der Waals surface area contributed by atoms with Crippen molar-refractivity contribution in [2.45, 2.75) is 13.1 Å². The van der Waals surface area contributed by atoms with E-state index in [0.29, 0.717) is 19.6 Å². The number of nitrogens with one attached hydrogen (secondary N) is 1. The molecule has 2 heterocycles. The monoisotopic (exact) mass is 327 g/mol. The summed E-state index contributed by atoms with van der Waals surface area (Å²) in [6.45, 7) is 2.43. The summed E-state index contributed by atoms with van der Waals surface area (Å²) in [5.41, 5.74) is 1.20. The Hall–Kier alpha value is -2.67. The van der Waals surface area contributed by atoms with Gasteiger partial charge >= 0.3 is 6.03 Å². The van der Waals surface area contributed by atoms with Crippen LogP contribution >= 0.6 is 0 Å². The SMILES string of the molecule is CN(CC(=O)N1CCNC1=O)Cc1nccn1Cc1ccccc1. The molecule has 0 saturated carbocycles. The molecule has 1 aromatic carbocycles. The number of rotatable bonds is 6. The second kappa shape index (κ2) is 7.27. The zero-order chi connectivity index (χ0) is 16.9. The van der Waals surface area contributed by atoms with Crippen LogP contribution in [0.2, 0.25) is 0 Å². The highest BCUT2D eigenvalue weighted by molar-refractivity contribution is 5.96. The lowest BCUT2D eigenvalue weighted by Gasteiger charge is -2.19.